The van der Waals surface area contributed by atoms with E-state index in [1.165, 1.54) is 11.4 Å². The largest absolute Gasteiger partial charge is 0.448 e. The third kappa shape index (κ3) is 2.61. The van der Waals surface area contributed by atoms with Gasteiger partial charge in [0.2, 0.25) is 5.78 Å². The number of rotatable bonds is 4. The molecule has 4 rings (SSSR count). The van der Waals surface area contributed by atoms with Crippen molar-refractivity contribution in [1.29, 1.82) is 0 Å². The summed E-state index contributed by atoms with van der Waals surface area (Å²) in [5.41, 5.74) is 2.10. The number of benzene rings is 1. The van der Waals surface area contributed by atoms with E-state index in [1.807, 2.05) is 31.2 Å². The zero-order valence-electron chi connectivity index (χ0n) is 14.1. The van der Waals surface area contributed by atoms with E-state index < -0.39 is 12.1 Å². The van der Waals surface area contributed by atoms with Gasteiger partial charge in [0.25, 0.3) is 11.6 Å². The van der Waals surface area contributed by atoms with Gasteiger partial charge >= 0.3 is 5.97 Å². The van der Waals surface area contributed by atoms with E-state index in [-0.39, 0.29) is 11.6 Å². The third-order valence-electron chi connectivity index (χ3n) is 4.12. The van der Waals surface area contributed by atoms with E-state index in [0.717, 1.165) is 16.6 Å². The minimum atomic E-state index is -0.970. The molecule has 0 bridgehead atoms. The molecule has 1 aromatic carbocycles. The smallest absolute Gasteiger partial charge is 0.379 e. The van der Waals surface area contributed by atoms with Crippen molar-refractivity contribution in [3.05, 3.63) is 59.8 Å². The van der Waals surface area contributed by atoms with Gasteiger partial charge in [-0.05, 0) is 26.0 Å². The van der Waals surface area contributed by atoms with Crippen LogP contribution in [0.25, 0.3) is 16.7 Å². The molecule has 8 nitrogen and oxygen atoms in total. The Kier molecular flexibility index (Phi) is 3.72. The number of aromatic nitrogens is 5. The summed E-state index contributed by atoms with van der Waals surface area (Å²) in [6, 6.07) is 9.19. The summed E-state index contributed by atoms with van der Waals surface area (Å²) in [5.74, 6) is -0.901. The first-order chi connectivity index (χ1) is 12.5. The van der Waals surface area contributed by atoms with E-state index in [9.17, 15) is 9.59 Å². The van der Waals surface area contributed by atoms with Crippen molar-refractivity contribution in [2.75, 3.05) is 0 Å². The predicted octanol–water partition coefficient (Wildman–Crippen LogP) is 2.34. The van der Waals surface area contributed by atoms with Crippen LogP contribution in [0.5, 0.6) is 0 Å². The molecule has 26 heavy (non-hydrogen) atoms. The predicted molar refractivity (Wildman–Crippen MR) is 93.0 cm³/mol. The quantitative estimate of drug-likeness (QED) is 0.448. The maximum atomic E-state index is 12.7. The normalized spacial score (nSPS) is 12.4. The summed E-state index contributed by atoms with van der Waals surface area (Å²) in [6.45, 7) is 3.35. The molecule has 3 heterocycles. The Morgan fingerprint density at radius 2 is 2.04 bits per heavy atom. The van der Waals surface area contributed by atoms with Crippen LogP contribution in [-0.4, -0.2) is 42.4 Å². The Morgan fingerprint density at radius 3 is 2.85 bits per heavy atom. The number of hydrogen-bond acceptors (Lipinski definition) is 6. The highest BCUT2D eigenvalue weighted by Crippen LogP contribution is 2.20. The lowest BCUT2D eigenvalue weighted by Crippen LogP contribution is -2.25. The molecule has 0 aliphatic carbocycles. The fraction of sp³-hybridized carbons (Fsp3) is 0.167. The van der Waals surface area contributed by atoms with Crippen LogP contribution in [0.3, 0.4) is 0 Å². The number of nitrogens with zero attached hydrogens (tertiary/aromatic N) is 4. The highest BCUT2D eigenvalue weighted by Gasteiger charge is 2.25. The number of H-pyrrole nitrogens is 1. The molecule has 4 aromatic rings. The molecule has 0 unspecified atom stereocenters. The Hall–Kier alpha value is -3.55. The Morgan fingerprint density at radius 1 is 1.23 bits per heavy atom. The Bertz CT molecular complexity index is 1140. The van der Waals surface area contributed by atoms with E-state index in [0.29, 0.717) is 11.3 Å². The number of hydrogen-bond donors (Lipinski definition) is 1. The first kappa shape index (κ1) is 15.9. The number of ketones is 1. The number of carbonyl (C=O) groups excluding carboxylic acids is 2. The van der Waals surface area contributed by atoms with Gasteiger partial charge in [-0.1, -0.05) is 18.2 Å². The first-order valence-corrected chi connectivity index (χ1v) is 8.04. The maximum absolute atomic E-state index is 12.7. The zero-order valence-corrected chi connectivity index (χ0v) is 14.1. The highest BCUT2D eigenvalue weighted by molar-refractivity contribution is 6.10. The van der Waals surface area contributed by atoms with E-state index in [4.69, 9.17) is 4.74 Å². The van der Waals surface area contributed by atoms with Crippen LogP contribution >= 0.6 is 0 Å². The van der Waals surface area contributed by atoms with Gasteiger partial charge in [0.15, 0.2) is 6.10 Å². The standard InChI is InChI=1S/C18H15N5O3/c1-10-7-8-19-18-21-16(22-23(10)18)17(25)26-11(2)15(24)13-9-20-14-6-4-3-5-12(13)14/h3-9,11,20H,1-2H3/t11-/m0/s1. The van der Waals surface area contributed by atoms with Gasteiger partial charge in [-0.15, -0.1) is 5.10 Å². The summed E-state index contributed by atoms with van der Waals surface area (Å²) in [7, 11) is 0. The van der Waals surface area contributed by atoms with Crippen molar-refractivity contribution in [3.8, 4) is 0 Å². The number of esters is 1. The van der Waals surface area contributed by atoms with Gasteiger partial charge in [0.05, 0.1) is 0 Å². The number of nitrogens with one attached hydrogen (secondary N) is 1. The van der Waals surface area contributed by atoms with Crippen molar-refractivity contribution < 1.29 is 14.3 Å². The van der Waals surface area contributed by atoms with Crippen molar-refractivity contribution in [2.24, 2.45) is 0 Å². The lowest BCUT2D eigenvalue weighted by Gasteiger charge is -2.10. The van der Waals surface area contributed by atoms with Gasteiger partial charge < -0.3 is 9.72 Å². The molecule has 0 saturated heterocycles. The monoisotopic (exact) mass is 349 g/mol. The van der Waals surface area contributed by atoms with Crippen molar-refractivity contribution in [2.45, 2.75) is 20.0 Å². The van der Waals surface area contributed by atoms with Crippen LogP contribution in [0.1, 0.15) is 33.6 Å². The molecule has 0 saturated carbocycles. The van der Waals surface area contributed by atoms with Crippen molar-refractivity contribution >= 4 is 28.4 Å². The average Bonchev–Trinajstić information content (AvgIpc) is 3.26. The second-order valence-electron chi connectivity index (χ2n) is 5.89. The first-order valence-electron chi connectivity index (χ1n) is 8.04. The summed E-state index contributed by atoms with van der Waals surface area (Å²) >= 11 is 0. The summed E-state index contributed by atoms with van der Waals surface area (Å²) in [4.78, 5) is 36.1. The molecule has 0 aliphatic heterocycles. The molecule has 0 radical (unpaired) electrons. The SMILES string of the molecule is Cc1ccnc2nc(C(=O)O[C@@H](C)C(=O)c3c[nH]c4ccccc34)nn12. The van der Waals surface area contributed by atoms with E-state index in [1.54, 1.807) is 18.5 Å². The number of aryl methyl sites for hydroxylation is 1. The highest BCUT2D eigenvalue weighted by atomic mass is 16.5. The van der Waals surface area contributed by atoms with Gasteiger partial charge in [-0.3, -0.25) is 4.79 Å². The molecular formula is C18H15N5O3. The maximum Gasteiger partial charge on any atom is 0.379 e. The molecule has 130 valence electrons. The Balaban J connectivity index is 1.56. The molecule has 1 atom stereocenters. The molecule has 1 N–H and O–H groups in total. The molecule has 0 aliphatic rings. The van der Waals surface area contributed by atoms with Gasteiger partial charge in [-0.2, -0.15) is 4.98 Å². The van der Waals surface area contributed by atoms with Crippen LogP contribution in [0.4, 0.5) is 0 Å². The van der Waals surface area contributed by atoms with Gasteiger partial charge in [0, 0.05) is 34.6 Å². The van der Waals surface area contributed by atoms with Crippen LogP contribution in [0.2, 0.25) is 0 Å². The second kappa shape index (κ2) is 6.07. The molecule has 8 heteroatoms. The topological polar surface area (TPSA) is 102 Å². The number of ether oxygens (including phenoxy) is 1. The van der Waals surface area contributed by atoms with E-state index >= 15 is 0 Å². The minimum absolute atomic E-state index is 0.134. The molecule has 0 spiro atoms. The lowest BCUT2D eigenvalue weighted by atomic mass is 10.1. The number of carbonyl (C=O) groups is 2. The molecule has 3 aromatic heterocycles. The van der Waals surface area contributed by atoms with Crippen molar-refractivity contribution in [3.63, 3.8) is 0 Å². The summed E-state index contributed by atoms with van der Waals surface area (Å²) < 4.78 is 6.72. The fourth-order valence-electron chi connectivity index (χ4n) is 2.75. The number of aromatic amines is 1. The summed E-state index contributed by atoms with van der Waals surface area (Å²) in [6.07, 6.45) is 2.23. The average molecular weight is 349 g/mol. The molecule has 0 fully saturated rings. The summed E-state index contributed by atoms with van der Waals surface area (Å²) in [5, 5.41) is 4.87. The minimum Gasteiger partial charge on any atom is -0.448 e. The van der Waals surface area contributed by atoms with Gasteiger partial charge in [0.1, 0.15) is 0 Å². The number of Topliss-reactive ketones (excluding diaryl/α,β-unsaturated/α-hetero) is 1. The van der Waals surface area contributed by atoms with Crippen LogP contribution in [0, 0.1) is 6.92 Å². The second-order valence-corrected chi connectivity index (χ2v) is 5.89. The van der Waals surface area contributed by atoms with Crippen LogP contribution in [0.15, 0.2) is 42.7 Å². The zero-order chi connectivity index (χ0) is 18.3. The van der Waals surface area contributed by atoms with Crippen LogP contribution < -0.4 is 0 Å². The van der Waals surface area contributed by atoms with Gasteiger partial charge in [-0.25, -0.2) is 14.3 Å². The number of fused-ring (bicyclic) bond motifs is 2. The van der Waals surface area contributed by atoms with Crippen LogP contribution in [-0.2, 0) is 4.74 Å². The lowest BCUT2D eigenvalue weighted by molar-refractivity contribution is 0.0308. The fourth-order valence-corrected chi connectivity index (χ4v) is 2.75. The van der Waals surface area contributed by atoms with E-state index in [2.05, 4.69) is 20.1 Å². The van der Waals surface area contributed by atoms with Crippen molar-refractivity contribution in [1.82, 2.24) is 24.6 Å². The number of para-hydroxylation sites is 1. The third-order valence-corrected chi connectivity index (χ3v) is 4.12. The Labute approximate surface area is 147 Å². The molecular weight excluding hydrogens is 334 g/mol. The molecule has 0 amide bonds.